The quantitative estimate of drug-likeness (QED) is 0.757. The number of aryl methyl sites for hydroxylation is 2. The Morgan fingerprint density at radius 2 is 2.00 bits per heavy atom. The van der Waals surface area contributed by atoms with Gasteiger partial charge in [-0.05, 0) is 31.5 Å². The van der Waals surface area contributed by atoms with E-state index in [1.807, 2.05) is 31.2 Å². The molecule has 0 bridgehead atoms. The number of hydrogen-bond acceptors (Lipinski definition) is 3. The first-order chi connectivity index (χ1) is 8.49. The van der Waals surface area contributed by atoms with Gasteiger partial charge >= 0.3 is 0 Å². The van der Waals surface area contributed by atoms with Gasteiger partial charge in [0, 0.05) is 18.7 Å². The third kappa shape index (κ3) is 2.22. The Balaban J connectivity index is 2.66. The molecule has 1 heterocycles. The molecular formula is C14H14N2O2. The fourth-order valence-corrected chi connectivity index (χ4v) is 1.74. The van der Waals surface area contributed by atoms with Crippen LogP contribution in [0.2, 0.25) is 0 Å². The largest absolute Gasteiger partial charge is 0.293 e. The molecule has 0 spiro atoms. The van der Waals surface area contributed by atoms with Crippen molar-refractivity contribution in [3.8, 4) is 5.69 Å². The lowest BCUT2D eigenvalue weighted by atomic mass is 10.2. The molecule has 0 amide bonds. The summed E-state index contributed by atoms with van der Waals surface area (Å²) in [7, 11) is 0. The van der Waals surface area contributed by atoms with Crippen molar-refractivity contribution in [3.63, 3.8) is 0 Å². The maximum atomic E-state index is 11.8. The van der Waals surface area contributed by atoms with Crippen molar-refractivity contribution in [1.82, 2.24) is 9.78 Å². The Morgan fingerprint density at radius 3 is 2.61 bits per heavy atom. The highest BCUT2D eigenvalue weighted by Crippen LogP contribution is 2.09. The van der Waals surface area contributed by atoms with Crippen molar-refractivity contribution in [2.45, 2.75) is 20.8 Å². The van der Waals surface area contributed by atoms with Gasteiger partial charge in [0.05, 0.1) is 5.69 Å². The number of aromatic nitrogens is 2. The van der Waals surface area contributed by atoms with Gasteiger partial charge < -0.3 is 0 Å². The molecular weight excluding hydrogens is 228 g/mol. The zero-order valence-electron chi connectivity index (χ0n) is 10.6. The Morgan fingerprint density at radius 1 is 1.28 bits per heavy atom. The first-order valence-electron chi connectivity index (χ1n) is 5.67. The van der Waals surface area contributed by atoms with E-state index in [9.17, 15) is 9.59 Å². The zero-order valence-corrected chi connectivity index (χ0v) is 10.6. The van der Waals surface area contributed by atoms with Crippen LogP contribution >= 0.6 is 0 Å². The second-order valence-corrected chi connectivity index (χ2v) is 4.33. The molecule has 0 saturated heterocycles. The van der Waals surface area contributed by atoms with Crippen LogP contribution in [0.5, 0.6) is 0 Å². The van der Waals surface area contributed by atoms with Crippen LogP contribution in [0.4, 0.5) is 0 Å². The number of nitrogens with zero attached hydrogens (tertiary/aromatic N) is 2. The van der Waals surface area contributed by atoms with Gasteiger partial charge in [-0.2, -0.15) is 5.10 Å². The minimum absolute atomic E-state index is 0.0171. The SMILES string of the molecule is CC(=O)c1nn(-c2cccc(C)c2)cc(C)c1=O. The van der Waals surface area contributed by atoms with E-state index in [-0.39, 0.29) is 16.9 Å². The topological polar surface area (TPSA) is 52.0 Å². The monoisotopic (exact) mass is 242 g/mol. The van der Waals surface area contributed by atoms with Gasteiger partial charge in [-0.3, -0.25) is 9.59 Å². The molecule has 4 heteroatoms. The van der Waals surface area contributed by atoms with Gasteiger partial charge in [0.2, 0.25) is 5.43 Å². The van der Waals surface area contributed by atoms with Crippen LogP contribution < -0.4 is 5.43 Å². The standard InChI is InChI=1S/C14H14N2O2/c1-9-5-4-6-12(7-9)16-8-10(2)14(18)13(15-16)11(3)17/h4-8H,1-3H3. The smallest absolute Gasteiger partial charge is 0.214 e. The van der Waals surface area contributed by atoms with Crippen LogP contribution in [-0.2, 0) is 0 Å². The summed E-state index contributed by atoms with van der Waals surface area (Å²) < 4.78 is 1.57. The van der Waals surface area contributed by atoms with Crippen molar-refractivity contribution in [1.29, 1.82) is 0 Å². The summed E-state index contributed by atoms with van der Waals surface area (Å²) in [6, 6.07) is 7.71. The fraction of sp³-hybridized carbons (Fsp3) is 0.214. The molecule has 92 valence electrons. The molecule has 4 nitrogen and oxygen atoms in total. The van der Waals surface area contributed by atoms with Crippen molar-refractivity contribution in [3.05, 3.63) is 57.5 Å². The molecule has 0 fully saturated rings. The van der Waals surface area contributed by atoms with E-state index in [0.717, 1.165) is 11.3 Å². The molecule has 0 N–H and O–H groups in total. The summed E-state index contributed by atoms with van der Waals surface area (Å²) in [5.74, 6) is -0.315. The van der Waals surface area contributed by atoms with Crippen LogP contribution in [0.3, 0.4) is 0 Å². The summed E-state index contributed by atoms with van der Waals surface area (Å²) in [6.45, 7) is 5.01. The van der Waals surface area contributed by atoms with Crippen LogP contribution in [0.15, 0.2) is 35.3 Å². The first kappa shape index (κ1) is 12.2. The van der Waals surface area contributed by atoms with E-state index in [4.69, 9.17) is 0 Å². The summed E-state index contributed by atoms with van der Waals surface area (Å²) in [4.78, 5) is 23.2. The van der Waals surface area contributed by atoms with Crippen molar-refractivity contribution in [2.75, 3.05) is 0 Å². The van der Waals surface area contributed by atoms with Gasteiger partial charge in [-0.1, -0.05) is 12.1 Å². The number of rotatable bonds is 2. The lowest BCUT2D eigenvalue weighted by molar-refractivity contribution is 0.101. The minimum atomic E-state index is -0.315. The van der Waals surface area contributed by atoms with E-state index in [1.54, 1.807) is 17.8 Å². The average molecular weight is 242 g/mol. The molecule has 1 aromatic carbocycles. The predicted octanol–water partition coefficient (Wildman–Crippen LogP) is 2.05. The van der Waals surface area contributed by atoms with E-state index in [0.29, 0.717) is 5.56 Å². The highest BCUT2D eigenvalue weighted by molar-refractivity contribution is 5.91. The molecule has 1 aromatic heterocycles. The van der Waals surface area contributed by atoms with Gasteiger partial charge in [0.15, 0.2) is 11.5 Å². The summed E-state index contributed by atoms with van der Waals surface area (Å²) in [6.07, 6.45) is 1.64. The Hall–Kier alpha value is -2.23. The normalized spacial score (nSPS) is 10.4. The van der Waals surface area contributed by atoms with Crippen LogP contribution in [0.1, 0.15) is 28.5 Å². The second-order valence-electron chi connectivity index (χ2n) is 4.33. The third-order valence-electron chi connectivity index (χ3n) is 2.70. The average Bonchev–Trinajstić information content (AvgIpc) is 2.32. The Kier molecular flexibility index (Phi) is 3.10. The first-order valence-corrected chi connectivity index (χ1v) is 5.67. The highest BCUT2D eigenvalue weighted by atomic mass is 16.1. The summed E-state index contributed by atoms with van der Waals surface area (Å²) in [5.41, 5.74) is 2.12. The van der Waals surface area contributed by atoms with Crippen LogP contribution in [0, 0.1) is 13.8 Å². The van der Waals surface area contributed by atoms with E-state index in [1.165, 1.54) is 6.92 Å². The van der Waals surface area contributed by atoms with Crippen molar-refractivity contribution in [2.24, 2.45) is 0 Å². The zero-order chi connectivity index (χ0) is 13.3. The molecule has 0 aliphatic carbocycles. The van der Waals surface area contributed by atoms with Gasteiger partial charge in [0.25, 0.3) is 0 Å². The number of carbonyl (C=O) groups excluding carboxylic acids is 1. The van der Waals surface area contributed by atoms with E-state index < -0.39 is 0 Å². The molecule has 0 unspecified atom stereocenters. The molecule has 2 rings (SSSR count). The Labute approximate surface area is 105 Å². The number of hydrogen-bond donors (Lipinski definition) is 0. The highest BCUT2D eigenvalue weighted by Gasteiger charge is 2.11. The lowest BCUT2D eigenvalue weighted by Gasteiger charge is -2.08. The molecule has 18 heavy (non-hydrogen) atoms. The van der Waals surface area contributed by atoms with E-state index >= 15 is 0 Å². The lowest BCUT2D eigenvalue weighted by Crippen LogP contribution is -2.22. The molecule has 0 radical (unpaired) electrons. The van der Waals surface area contributed by atoms with Crippen molar-refractivity contribution >= 4 is 5.78 Å². The molecule has 0 aliphatic rings. The van der Waals surface area contributed by atoms with Gasteiger partial charge in [0.1, 0.15) is 0 Å². The summed E-state index contributed by atoms with van der Waals surface area (Å²) >= 11 is 0. The number of Topliss-reactive ketones (excluding diaryl/α,β-unsaturated/α-hetero) is 1. The minimum Gasteiger partial charge on any atom is -0.293 e. The van der Waals surface area contributed by atoms with E-state index in [2.05, 4.69) is 5.10 Å². The van der Waals surface area contributed by atoms with Crippen molar-refractivity contribution < 1.29 is 4.79 Å². The molecule has 0 saturated carbocycles. The van der Waals surface area contributed by atoms with Gasteiger partial charge in [-0.25, -0.2) is 4.68 Å². The number of ketones is 1. The molecule has 0 aliphatic heterocycles. The maximum absolute atomic E-state index is 11.8. The fourth-order valence-electron chi connectivity index (χ4n) is 1.74. The maximum Gasteiger partial charge on any atom is 0.214 e. The predicted molar refractivity (Wildman–Crippen MR) is 69.3 cm³/mol. The summed E-state index contributed by atoms with van der Waals surface area (Å²) in [5, 5.41) is 4.10. The van der Waals surface area contributed by atoms with Crippen LogP contribution in [0.25, 0.3) is 5.69 Å². The number of carbonyl (C=O) groups is 1. The second kappa shape index (κ2) is 4.56. The van der Waals surface area contributed by atoms with Crippen LogP contribution in [-0.4, -0.2) is 15.6 Å². The van der Waals surface area contributed by atoms with Gasteiger partial charge in [-0.15, -0.1) is 0 Å². The third-order valence-corrected chi connectivity index (χ3v) is 2.70. The molecule has 0 atom stereocenters. The molecule has 2 aromatic rings. The Bertz CT molecular complexity index is 672. The number of benzene rings is 1.